The summed E-state index contributed by atoms with van der Waals surface area (Å²) in [5.41, 5.74) is 1.87. The van der Waals surface area contributed by atoms with Crippen molar-refractivity contribution in [1.29, 1.82) is 0 Å². The van der Waals surface area contributed by atoms with E-state index >= 15 is 0 Å². The first kappa shape index (κ1) is 37.7. The zero-order chi connectivity index (χ0) is 35.0. The summed E-state index contributed by atoms with van der Waals surface area (Å²) in [6, 6.07) is 7.80. The normalized spacial score (nSPS) is 20.9. The van der Waals surface area contributed by atoms with Crippen LogP contribution in [-0.4, -0.2) is 99.8 Å². The molecule has 10 nitrogen and oxygen atoms in total. The van der Waals surface area contributed by atoms with E-state index in [0.717, 1.165) is 86.5 Å². The van der Waals surface area contributed by atoms with Gasteiger partial charge in [0.2, 0.25) is 0 Å². The number of ether oxygens (including phenoxy) is 1. The van der Waals surface area contributed by atoms with Crippen LogP contribution in [0.15, 0.2) is 46.7 Å². The number of carbonyl (C=O) groups is 1. The third kappa shape index (κ3) is 11.0. The van der Waals surface area contributed by atoms with Gasteiger partial charge in [0.25, 0.3) is 0 Å². The van der Waals surface area contributed by atoms with Gasteiger partial charge in [0.05, 0.1) is 28.8 Å². The number of nitrogens with zero attached hydrogens (tertiary/aromatic N) is 5. The molecule has 272 valence electrons. The Morgan fingerprint density at radius 2 is 1.22 bits per heavy atom. The van der Waals surface area contributed by atoms with Crippen molar-refractivity contribution >= 4 is 39.1 Å². The summed E-state index contributed by atoms with van der Waals surface area (Å²) >= 11 is 1.68. The fourth-order valence-corrected chi connectivity index (χ4v) is 8.83. The number of pyridine rings is 2. The minimum absolute atomic E-state index is 0.154. The van der Waals surface area contributed by atoms with Gasteiger partial charge in [-0.05, 0) is 139 Å². The molecule has 2 aromatic heterocycles. The number of amides is 1. The molecule has 0 spiro atoms. The number of hydrogen-bond donors (Lipinski definition) is 1. The molecule has 0 saturated carbocycles. The van der Waals surface area contributed by atoms with Crippen molar-refractivity contribution in [2.75, 3.05) is 74.7 Å². The maximum Gasteiger partial charge on any atom is 0.410 e. The van der Waals surface area contributed by atoms with Gasteiger partial charge in [-0.1, -0.05) is 0 Å². The number of piperidine rings is 4. The minimum atomic E-state index is -3.21. The van der Waals surface area contributed by atoms with Crippen molar-refractivity contribution in [3.05, 3.63) is 36.7 Å². The van der Waals surface area contributed by atoms with E-state index in [1.54, 1.807) is 24.0 Å². The highest BCUT2D eigenvalue weighted by molar-refractivity contribution is 7.98. The highest BCUT2D eigenvalue weighted by Gasteiger charge is 2.33. The summed E-state index contributed by atoms with van der Waals surface area (Å²) in [7, 11) is -3.21. The number of hydrogen-bond acceptors (Lipinski definition) is 10. The number of nitrogens with one attached hydrogen (secondary N) is 1. The van der Waals surface area contributed by atoms with E-state index in [9.17, 15) is 13.2 Å². The molecule has 49 heavy (non-hydrogen) atoms. The fourth-order valence-electron chi connectivity index (χ4n) is 7.91. The van der Waals surface area contributed by atoms with Crippen LogP contribution in [0.2, 0.25) is 0 Å². The van der Waals surface area contributed by atoms with E-state index in [1.807, 2.05) is 37.9 Å². The molecule has 1 N–H and O–H groups in total. The van der Waals surface area contributed by atoms with Gasteiger partial charge in [-0.3, -0.25) is 0 Å². The summed E-state index contributed by atoms with van der Waals surface area (Å²) in [5.74, 6) is 3.25. The molecule has 0 aromatic carbocycles. The molecule has 4 fully saturated rings. The quantitative estimate of drug-likeness (QED) is 0.340. The van der Waals surface area contributed by atoms with Crippen LogP contribution in [0, 0.1) is 23.7 Å². The van der Waals surface area contributed by atoms with E-state index in [-0.39, 0.29) is 11.1 Å². The first-order valence-corrected chi connectivity index (χ1v) is 21.4. The Balaban J connectivity index is 0.000000195. The van der Waals surface area contributed by atoms with Crippen LogP contribution in [0.1, 0.15) is 72.1 Å². The second kappa shape index (κ2) is 17.1. The lowest BCUT2D eigenvalue weighted by molar-refractivity contribution is 0.0152. The molecule has 0 radical (unpaired) electrons. The highest BCUT2D eigenvalue weighted by atomic mass is 32.2. The summed E-state index contributed by atoms with van der Waals surface area (Å²) in [6.45, 7) is 14.1. The van der Waals surface area contributed by atoms with Crippen LogP contribution in [0.4, 0.5) is 16.2 Å². The zero-order valence-corrected chi connectivity index (χ0v) is 31.9. The van der Waals surface area contributed by atoms with Crippen LogP contribution in [0.3, 0.4) is 0 Å². The third-order valence-corrected chi connectivity index (χ3v) is 12.4. The molecule has 0 atom stereocenters. The van der Waals surface area contributed by atoms with Crippen molar-refractivity contribution in [1.82, 2.24) is 20.2 Å². The van der Waals surface area contributed by atoms with Gasteiger partial charge in [0, 0.05) is 45.5 Å². The molecule has 0 bridgehead atoms. The molecule has 4 aliphatic heterocycles. The average molecular weight is 715 g/mol. The molecule has 1 amide bonds. The number of sulfone groups is 1. The molecule has 4 saturated heterocycles. The van der Waals surface area contributed by atoms with E-state index in [1.165, 1.54) is 63.6 Å². The molecular formula is C37H58N6O4S2. The molecule has 4 aliphatic rings. The van der Waals surface area contributed by atoms with E-state index in [4.69, 9.17) is 4.74 Å². The van der Waals surface area contributed by atoms with Gasteiger partial charge in [-0.2, -0.15) is 0 Å². The molecule has 6 heterocycles. The smallest absolute Gasteiger partial charge is 0.410 e. The van der Waals surface area contributed by atoms with Crippen LogP contribution < -0.4 is 15.1 Å². The predicted octanol–water partition coefficient (Wildman–Crippen LogP) is 6.37. The summed E-state index contributed by atoms with van der Waals surface area (Å²) in [6.07, 6.45) is 16.6. The second-order valence-corrected chi connectivity index (χ2v) is 18.0. The van der Waals surface area contributed by atoms with Crippen LogP contribution in [0.25, 0.3) is 0 Å². The Morgan fingerprint density at radius 1 is 0.755 bits per heavy atom. The van der Waals surface area contributed by atoms with Gasteiger partial charge in [0.1, 0.15) is 5.60 Å². The van der Waals surface area contributed by atoms with Gasteiger partial charge >= 0.3 is 6.09 Å². The third-order valence-electron chi connectivity index (χ3n) is 10.7. The van der Waals surface area contributed by atoms with Crippen molar-refractivity contribution in [3.8, 4) is 0 Å². The Labute approximate surface area is 299 Å². The van der Waals surface area contributed by atoms with E-state index in [0.29, 0.717) is 0 Å². The maximum atomic E-state index is 12.2. The Morgan fingerprint density at radius 3 is 1.63 bits per heavy atom. The number of carbonyl (C=O) groups excluding carboxylic acids is 1. The lowest BCUT2D eigenvalue weighted by Crippen LogP contribution is -2.44. The van der Waals surface area contributed by atoms with Crippen LogP contribution in [0.5, 0.6) is 0 Å². The average Bonchev–Trinajstić information content (AvgIpc) is 3.11. The number of likely N-dealkylation sites (tertiary alicyclic amines) is 1. The number of anilines is 2. The Kier molecular flexibility index (Phi) is 13.1. The summed E-state index contributed by atoms with van der Waals surface area (Å²) < 4.78 is 28.4. The SMILES string of the molecule is CS(=O)(=O)c1ccc(N2CCC(C3CCNCC3)CC2)cn1.CSc1ccc(N2CCC(C3CCN(C(=O)OC(C)(C)C)CC3)CC2)cn1. The second-order valence-electron chi connectivity index (χ2n) is 15.2. The minimum Gasteiger partial charge on any atom is -0.444 e. The van der Waals surface area contributed by atoms with Gasteiger partial charge in [-0.15, -0.1) is 11.8 Å². The molecule has 2 aromatic rings. The summed E-state index contributed by atoms with van der Waals surface area (Å²) in [4.78, 5) is 27.5. The highest BCUT2D eigenvalue weighted by Crippen LogP contribution is 2.35. The molecule has 12 heteroatoms. The standard InChI is InChI=1S/C21H33N3O2S.C16H25N3O2S/c1-21(2,3)26-20(25)24-13-9-17(10-14-24)16-7-11-23(12-8-16)18-5-6-19(27-4)22-15-18;1-22(20,21)16-3-2-15(12-18-16)19-10-6-14(7-11-19)13-4-8-17-9-5-13/h5-6,15-17H,7-14H2,1-4H3;2-3,12-14,17H,4-11H2,1H3. The van der Waals surface area contributed by atoms with Gasteiger partial charge in [0.15, 0.2) is 14.9 Å². The zero-order valence-electron chi connectivity index (χ0n) is 30.3. The number of thioether (sulfide) groups is 1. The number of rotatable bonds is 6. The van der Waals surface area contributed by atoms with Crippen molar-refractivity contribution in [3.63, 3.8) is 0 Å². The monoisotopic (exact) mass is 714 g/mol. The maximum absolute atomic E-state index is 12.2. The fraction of sp³-hybridized carbons (Fsp3) is 0.703. The number of aromatic nitrogens is 2. The van der Waals surface area contributed by atoms with Crippen LogP contribution in [-0.2, 0) is 14.6 Å². The lowest BCUT2D eigenvalue weighted by Gasteiger charge is -2.41. The Hall–Kier alpha value is -2.57. The largest absolute Gasteiger partial charge is 0.444 e. The van der Waals surface area contributed by atoms with Crippen molar-refractivity contribution in [2.24, 2.45) is 23.7 Å². The topological polar surface area (TPSA) is 108 Å². The van der Waals surface area contributed by atoms with Crippen LogP contribution >= 0.6 is 11.8 Å². The van der Waals surface area contributed by atoms with Crippen molar-refractivity contribution in [2.45, 2.75) is 87.8 Å². The lowest BCUT2D eigenvalue weighted by atomic mass is 9.79. The summed E-state index contributed by atoms with van der Waals surface area (Å²) in [5, 5.41) is 4.67. The molecule has 0 aliphatic carbocycles. The first-order chi connectivity index (χ1) is 23.4. The molecule has 0 unspecified atom stereocenters. The Bertz CT molecular complexity index is 1420. The predicted molar refractivity (Wildman–Crippen MR) is 199 cm³/mol. The molecular weight excluding hydrogens is 657 g/mol. The molecule has 6 rings (SSSR count). The van der Waals surface area contributed by atoms with Gasteiger partial charge in [-0.25, -0.2) is 23.2 Å². The van der Waals surface area contributed by atoms with Gasteiger partial charge < -0.3 is 24.8 Å². The first-order valence-electron chi connectivity index (χ1n) is 18.2. The van der Waals surface area contributed by atoms with Crippen molar-refractivity contribution < 1.29 is 17.9 Å². The van der Waals surface area contributed by atoms with E-state index in [2.05, 4.69) is 43.5 Å². The van der Waals surface area contributed by atoms with E-state index < -0.39 is 15.4 Å².